The topological polar surface area (TPSA) is 58.2 Å². The third-order valence-electron chi connectivity index (χ3n) is 3.93. The maximum Gasteiger partial charge on any atom is 0.222 e. The first-order chi connectivity index (χ1) is 12.5. The van der Waals surface area contributed by atoms with Crippen LogP contribution in [0.2, 0.25) is 0 Å². The Hall–Kier alpha value is -2.27. The van der Waals surface area contributed by atoms with E-state index in [0.717, 1.165) is 17.1 Å². The second-order valence-electron chi connectivity index (χ2n) is 6.26. The summed E-state index contributed by atoms with van der Waals surface area (Å²) >= 11 is 1.80. The summed E-state index contributed by atoms with van der Waals surface area (Å²) in [6, 6.07) is 17.8. The van der Waals surface area contributed by atoms with Crippen LogP contribution in [0.5, 0.6) is 0 Å². The molecule has 0 bridgehead atoms. The molecule has 2 N–H and O–H groups in total. The molecule has 1 atom stereocenters. The normalized spacial score (nSPS) is 11.6. The minimum absolute atomic E-state index is 0.0523. The lowest BCUT2D eigenvalue weighted by molar-refractivity contribution is -0.122. The Balaban J connectivity index is 1.72. The molecule has 0 aliphatic carbocycles. The first-order valence-corrected chi connectivity index (χ1v) is 9.92. The molecule has 26 heavy (non-hydrogen) atoms. The van der Waals surface area contributed by atoms with Gasteiger partial charge in [0, 0.05) is 25.0 Å². The molecule has 0 radical (unpaired) electrons. The Labute approximate surface area is 159 Å². The number of benzene rings is 2. The first kappa shape index (κ1) is 20.0. The van der Waals surface area contributed by atoms with Gasteiger partial charge in [-0.2, -0.15) is 11.8 Å². The zero-order valence-electron chi connectivity index (χ0n) is 15.3. The van der Waals surface area contributed by atoms with Gasteiger partial charge in [-0.1, -0.05) is 60.2 Å². The summed E-state index contributed by atoms with van der Waals surface area (Å²) in [4.78, 5) is 23.6. The van der Waals surface area contributed by atoms with Crippen molar-refractivity contribution in [2.45, 2.75) is 32.1 Å². The minimum atomic E-state index is -0.297. The largest absolute Gasteiger partial charge is 0.355 e. The van der Waals surface area contributed by atoms with E-state index in [0.29, 0.717) is 6.54 Å². The highest BCUT2D eigenvalue weighted by molar-refractivity contribution is 7.98. The molecule has 2 aromatic carbocycles. The van der Waals surface area contributed by atoms with Gasteiger partial charge in [-0.05, 0) is 18.1 Å². The number of rotatable bonds is 9. The van der Waals surface area contributed by atoms with Gasteiger partial charge in [0.1, 0.15) is 0 Å². The number of thioether (sulfide) groups is 1. The lowest BCUT2D eigenvalue weighted by atomic mass is 10.0. The van der Waals surface area contributed by atoms with Crippen LogP contribution in [0, 0.1) is 6.92 Å². The fourth-order valence-corrected chi connectivity index (χ4v) is 3.40. The Morgan fingerprint density at radius 2 is 1.73 bits per heavy atom. The zero-order chi connectivity index (χ0) is 18.8. The molecule has 0 saturated heterocycles. The fourth-order valence-electron chi connectivity index (χ4n) is 2.58. The van der Waals surface area contributed by atoms with Gasteiger partial charge in [-0.25, -0.2) is 0 Å². The van der Waals surface area contributed by atoms with Crippen molar-refractivity contribution in [2.75, 3.05) is 12.3 Å². The predicted molar refractivity (Wildman–Crippen MR) is 108 cm³/mol. The van der Waals surface area contributed by atoms with Gasteiger partial charge in [-0.3, -0.25) is 9.59 Å². The van der Waals surface area contributed by atoms with Gasteiger partial charge in [0.05, 0.1) is 12.5 Å². The summed E-state index contributed by atoms with van der Waals surface area (Å²) in [6.45, 7) is 4.17. The molecule has 1 unspecified atom stereocenters. The summed E-state index contributed by atoms with van der Waals surface area (Å²) in [6.07, 6.45) is 0.242. The Kier molecular flexibility index (Phi) is 8.22. The highest BCUT2D eigenvalue weighted by atomic mass is 32.2. The van der Waals surface area contributed by atoms with Crippen molar-refractivity contribution in [1.29, 1.82) is 0 Å². The molecule has 2 amide bonds. The van der Waals surface area contributed by atoms with Crippen molar-refractivity contribution < 1.29 is 9.59 Å². The number of amides is 2. The summed E-state index contributed by atoms with van der Waals surface area (Å²) < 4.78 is 0. The molecule has 0 spiro atoms. The van der Waals surface area contributed by atoms with Gasteiger partial charge < -0.3 is 10.6 Å². The van der Waals surface area contributed by atoms with Crippen LogP contribution in [0.1, 0.15) is 36.1 Å². The lowest BCUT2D eigenvalue weighted by Crippen LogP contribution is -2.33. The van der Waals surface area contributed by atoms with Crippen LogP contribution in [0.4, 0.5) is 0 Å². The minimum Gasteiger partial charge on any atom is -0.355 e. The van der Waals surface area contributed by atoms with Gasteiger partial charge in [0.25, 0.3) is 0 Å². The van der Waals surface area contributed by atoms with Gasteiger partial charge in [-0.15, -0.1) is 0 Å². The number of hydrogen-bond donors (Lipinski definition) is 2. The summed E-state index contributed by atoms with van der Waals surface area (Å²) in [5.41, 5.74) is 3.49. The molecule has 0 aromatic heterocycles. The van der Waals surface area contributed by atoms with Crippen molar-refractivity contribution in [1.82, 2.24) is 10.6 Å². The van der Waals surface area contributed by atoms with E-state index in [4.69, 9.17) is 0 Å². The zero-order valence-corrected chi connectivity index (χ0v) is 16.1. The van der Waals surface area contributed by atoms with Crippen molar-refractivity contribution in [3.05, 3.63) is 71.3 Å². The van der Waals surface area contributed by atoms with Gasteiger partial charge in [0.15, 0.2) is 0 Å². The molecule has 2 rings (SSSR count). The molecular weight excluding hydrogens is 344 g/mol. The number of carbonyl (C=O) groups excluding carboxylic acids is 2. The van der Waals surface area contributed by atoms with E-state index >= 15 is 0 Å². The van der Waals surface area contributed by atoms with Crippen molar-refractivity contribution in [3.63, 3.8) is 0 Å². The van der Waals surface area contributed by atoms with Crippen molar-refractivity contribution in [3.8, 4) is 0 Å². The highest BCUT2D eigenvalue weighted by Gasteiger charge is 2.16. The fraction of sp³-hybridized carbons (Fsp3) is 0.333. The third kappa shape index (κ3) is 7.31. The van der Waals surface area contributed by atoms with E-state index in [1.54, 1.807) is 11.8 Å². The second-order valence-corrected chi connectivity index (χ2v) is 7.36. The van der Waals surface area contributed by atoms with Gasteiger partial charge in [0.2, 0.25) is 11.8 Å². The summed E-state index contributed by atoms with van der Waals surface area (Å²) in [5.74, 6) is 1.61. The molecule has 2 aromatic rings. The molecule has 138 valence electrons. The van der Waals surface area contributed by atoms with Crippen LogP contribution in [-0.2, 0) is 15.3 Å². The average molecular weight is 371 g/mol. The monoisotopic (exact) mass is 370 g/mol. The molecule has 4 nitrogen and oxygen atoms in total. The van der Waals surface area contributed by atoms with Crippen LogP contribution < -0.4 is 10.6 Å². The molecule has 0 fully saturated rings. The summed E-state index contributed by atoms with van der Waals surface area (Å²) in [5, 5.41) is 5.79. The van der Waals surface area contributed by atoms with E-state index in [9.17, 15) is 9.59 Å². The standard InChI is InChI=1S/C21H26N2O2S/c1-16-8-10-18(11-9-16)15-26-13-12-22-21(25)14-20(23-17(2)24)19-6-4-3-5-7-19/h3-11,20H,12-15H2,1-2H3,(H,22,25)(H,23,24). The molecular formula is C21H26N2O2S. The molecule has 0 aliphatic rings. The lowest BCUT2D eigenvalue weighted by Gasteiger charge is -2.18. The maximum absolute atomic E-state index is 12.2. The van der Waals surface area contributed by atoms with Crippen LogP contribution in [0.25, 0.3) is 0 Å². The molecule has 0 saturated carbocycles. The quantitative estimate of drug-likeness (QED) is 0.663. The summed E-state index contributed by atoms with van der Waals surface area (Å²) in [7, 11) is 0. The smallest absolute Gasteiger partial charge is 0.222 e. The van der Waals surface area contributed by atoms with Crippen molar-refractivity contribution in [2.24, 2.45) is 0 Å². The Morgan fingerprint density at radius 3 is 2.38 bits per heavy atom. The van der Waals surface area contributed by atoms with Crippen LogP contribution in [-0.4, -0.2) is 24.1 Å². The van der Waals surface area contributed by atoms with E-state index in [1.807, 2.05) is 30.3 Å². The first-order valence-electron chi connectivity index (χ1n) is 8.76. The highest BCUT2D eigenvalue weighted by Crippen LogP contribution is 2.16. The number of hydrogen-bond acceptors (Lipinski definition) is 3. The van der Waals surface area contributed by atoms with E-state index < -0.39 is 0 Å². The SMILES string of the molecule is CC(=O)NC(CC(=O)NCCSCc1ccc(C)cc1)c1ccccc1. The predicted octanol–water partition coefficient (Wildman–Crippen LogP) is 3.61. The van der Waals surface area contributed by atoms with Crippen LogP contribution in [0.15, 0.2) is 54.6 Å². The third-order valence-corrected chi connectivity index (χ3v) is 4.96. The second kappa shape index (κ2) is 10.7. The van der Waals surface area contributed by atoms with E-state index in [2.05, 4.69) is 41.8 Å². The van der Waals surface area contributed by atoms with Gasteiger partial charge >= 0.3 is 0 Å². The maximum atomic E-state index is 12.2. The Morgan fingerprint density at radius 1 is 1.04 bits per heavy atom. The van der Waals surface area contributed by atoms with Crippen LogP contribution >= 0.6 is 11.8 Å². The molecule has 5 heteroatoms. The van der Waals surface area contributed by atoms with Crippen LogP contribution in [0.3, 0.4) is 0 Å². The number of carbonyl (C=O) groups is 2. The average Bonchev–Trinajstić information content (AvgIpc) is 2.63. The van der Waals surface area contributed by atoms with E-state index in [-0.39, 0.29) is 24.3 Å². The number of nitrogens with one attached hydrogen (secondary N) is 2. The number of aryl methyl sites for hydroxylation is 1. The molecule has 0 aliphatic heterocycles. The Bertz CT molecular complexity index is 702. The van der Waals surface area contributed by atoms with Crippen molar-refractivity contribution >= 4 is 23.6 Å². The van der Waals surface area contributed by atoms with E-state index in [1.165, 1.54) is 18.1 Å². The molecule has 0 heterocycles.